The van der Waals surface area contributed by atoms with Gasteiger partial charge in [-0.1, -0.05) is 11.6 Å². The van der Waals surface area contributed by atoms with E-state index >= 15 is 0 Å². The molecular formula is C10H14N2O2. The van der Waals surface area contributed by atoms with Gasteiger partial charge in [0.1, 0.15) is 5.76 Å². The molecule has 0 saturated carbocycles. The topological polar surface area (TPSA) is 55.1 Å². The molecule has 4 heteroatoms. The van der Waals surface area contributed by atoms with Crippen molar-refractivity contribution < 1.29 is 9.32 Å². The van der Waals surface area contributed by atoms with Crippen LogP contribution in [0.3, 0.4) is 0 Å². The third-order valence-corrected chi connectivity index (χ3v) is 2.65. The summed E-state index contributed by atoms with van der Waals surface area (Å²) in [6.07, 6.45) is 6.70. The van der Waals surface area contributed by atoms with Crippen molar-refractivity contribution >= 4 is 6.29 Å². The Morgan fingerprint density at radius 2 is 2.57 bits per heavy atom. The maximum atomic E-state index is 10.6. The minimum absolute atomic E-state index is 0.440. The summed E-state index contributed by atoms with van der Waals surface area (Å²) in [4.78, 5) is 10.6. The van der Waals surface area contributed by atoms with E-state index in [9.17, 15) is 4.79 Å². The summed E-state index contributed by atoms with van der Waals surface area (Å²) < 4.78 is 5.04. The van der Waals surface area contributed by atoms with Gasteiger partial charge in [0, 0.05) is 12.5 Å². The van der Waals surface area contributed by atoms with Crippen molar-refractivity contribution in [1.82, 2.24) is 10.5 Å². The molecule has 1 aromatic heterocycles. The van der Waals surface area contributed by atoms with Gasteiger partial charge in [-0.15, -0.1) is 0 Å². The van der Waals surface area contributed by atoms with E-state index in [2.05, 4.69) is 10.5 Å². The largest absolute Gasteiger partial charge is 0.361 e. The molecule has 1 N–H and O–H groups in total. The van der Waals surface area contributed by atoms with E-state index in [4.69, 9.17) is 4.52 Å². The second-order valence-electron chi connectivity index (χ2n) is 3.67. The highest BCUT2D eigenvalue weighted by molar-refractivity contribution is 5.75. The first-order valence-electron chi connectivity index (χ1n) is 5.02. The lowest BCUT2D eigenvalue weighted by molar-refractivity contribution is 0.112. The lowest BCUT2D eigenvalue weighted by Crippen LogP contribution is -2.35. The van der Waals surface area contributed by atoms with Gasteiger partial charge in [-0.25, -0.2) is 0 Å². The zero-order valence-electron chi connectivity index (χ0n) is 8.03. The molecule has 1 aliphatic heterocycles. The summed E-state index contributed by atoms with van der Waals surface area (Å²) in [6.45, 7) is 1.06. The number of hydrogen-bond acceptors (Lipinski definition) is 4. The van der Waals surface area contributed by atoms with Crippen molar-refractivity contribution in [3.8, 4) is 0 Å². The molecule has 4 nitrogen and oxygen atoms in total. The predicted octanol–water partition coefficient (Wildman–Crippen LogP) is 1.17. The van der Waals surface area contributed by atoms with Crippen LogP contribution in [0.4, 0.5) is 0 Å². The number of nitrogens with one attached hydrogen (secondary N) is 1. The van der Waals surface area contributed by atoms with E-state index in [1.807, 2.05) is 0 Å². The molecule has 2 heterocycles. The van der Waals surface area contributed by atoms with Crippen molar-refractivity contribution in [3.05, 3.63) is 17.5 Å². The van der Waals surface area contributed by atoms with E-state index in [-0.39, 0.29) is 0 Å². The summed E-state index contributed by atoms with van der Waals surface area (Å²) in [5.41, 5.74) is 0.581. The minimum atomic E-state index is 0.440. The Morgan fingerprint density at radius 3 is 3.29 bits per heavy atom. The van der Waals surface area contributed by atoms with Crippen LogP contribution >= 0.6 is 0 Å². The van der Waals surface area contributed by atoms with Crippen LogP contribution in [0, 0.1) is 0 Å². The van der Waals surface area contributed by atoms with Gasteiger partial charge in [-0.05, 0) is 19.4 Å². The summed E-state index contributed by atoms with van der Waals surface area (Å²) >= 11 is 0. The number of piperidine rings is 1. The zero-order valence-corrected chi connectivity index (χ0v) is 8.03. The minimum Gasteiger partial charge on any atom is -0.361 e. The number of aldehydes is 1. The van der Waals surface area contributed by atoms with Crippen LogP contribution in [0.2, 0.25) is 0 Å². The van der Waals surface area contributed by atoms with Crippen LogP contribution in [0.15, 0.2) is 10.7 Å². The van der Waals surface area contributed by atoms with Crippen molar-refractivity contribution in [2.45, 2.75) is 31.7 Å². The molecule has 2 rings (SSSR count). The number of rotatable bonds is 3. The summed E-state index contributed by atoms with van der Waals surface area (Å²) in [5.74, 6) is 0.708. The van der Waals surface area contributed by atoms with Gasteiger partial charge in [-0.2, -0.15) is 0 Å². The van der Waals surface area contributed by atoms with Gasteiger partial charge in [-0.3, -0.25) is 4.79 Å². The average Bonchev–Trinajstić information content (AvgIpc) is 2.67. The maximum Gasteiger partial charge on any atom is 0.155 e. The van der Waals surface area contributed by atoms with Crippen molar-refractivity contribution in [2.24, 2.45) is 0 Å². The number of carbonyl (C=O) groups excluding carboxylic acids is 1. The maximum absolute atomic E-state index is 10.6. The number of hydrogen-bond donors (Lipinski definition) is 1. The molecule has 0 amide bonds. The molecule has 0 radical (unpaired) electrons. The Kier molecular flexibility index (Phi) is 2.93. The van der Waals surface area contributed by atoms with E-state index in [0.717, 1.165) is 25.7 Å². The fraction of sp³-hybridized carbons (Fsp3) is 0.600. The highest BCUT2D eigenvalue weighted by atomic mass is 16.5. The molecule has 1 aromatic rings. The van der Waals surface area contributed by atoms with Gasteiger partial charge in [0.2, 0.25) is 0 Å². The molecular weight excluding hydrogens is 180 g/mol. The molecule has 1 aliphatic rings. The molecule has 0 bridgehead atoms. The first-order valence-corrected chi connectivity index (χ1v) is 5.02. The fourth-order valence-electron chi connectivity index (χ4n) is 1.84. The highest BCUT2D eigenvalue weighted by Gasteiger charge is 2.17. The van der Waals surface area contributed by atoms with Crippen molar-refractivity contribution in [3.63, 3.8) is 0 Å². The first-order chi connectivity index (χ1) is 6.90. The van der Waals surface area contributed by atoms with Gasteiger partial charge in [0.25, 0.3) is 0 Å². The average molecular weight is 194 g/mol. The van der Waals surface area contributed by atoms with Crippen LogP contribution < -0.4 is 5.32 Å². The normalized spacial score (nSPS) is 22.1. The van der Waals surface area contributed by atoms with E-state index in [1.165, 1.54) is 19.0 Å². The molecule has 1 saturated heterocycles. The van der Waals surface area contributed by atoms with Crippen LogP contribution in [-0.4, -0.2) is 24.0 Å². The quantitative estimate of drug-likeness (QED) is 0.734. The lowest BCUT2D eigenvalue weighted by Gasteiger charge is -2.22. The van der Waals surface area contributed by atoms with Gasteiger partial charge >= 0.3 is 0 Å². The van der Waals surface area contributed by atoms with E-state index < -0.39 is 0 Å². The predicted molar refractivity (Wildman–Crippen MR) is 51.2 cm³/mol. The first kappa shape index (κ1) is 9.40. The molecule has 0 aromatic carbocycles. The van der Waals surface area contributed by atoms with Crippen LogP contribution in [0.1, 0.15) is 35.4 Å². The van der Waals surface area contributed by atoms with Crippen LogP contribution in [0.5, 0.6) is 0 Å². The molecule has 14 heavy (non-hydrogen) atoms. The Labute approximate surface area is 82.7 Å². The Bertz CT molecular complexity index is 303. The lowest BCUT2D eigenvalue weighted by atomic mass is 10.00. The van der Waals surface area contributed by atoms with E-state index in [0.29, 0.717) is 17.4 Å². The smallest absolute Gasteiger partial charge is 0.155 e. The molecule has 0 spiro atoms. The Morgan fingerprint density at radius 1 is 1.64 bits per heavy atom. The Balaban J connectivity index is 1.98. The van der Waals surface area contributed by atoms with Crippen molar-refractivity contribution in [1.29, 1.82) is 0 Å². The number of carbonyl (C=O) groups is 1. The molecule has 1 atom stereocenters. The van der Waals surface area contributed by atoms with Gasteiger partial charge in [0.05, 0.1) is 11.8 Å². The second kappa shape index (κ2) is 4.37. The Hall–Kier alpha value is -1.16. The molecule has 1 fully saturated rings. The second-order valence-corrected chi connectivity index (χ2v) is 3.67. The monoisotopic (exact) mass is 194 g/mol. The SMILES string of the molecule is O=Cc1cnoc1CC1CCCCN1. The fourth-order valence-corrected chi connectivity index (χ4v) is 1.84. The van der Waals surface area contributed by atoms with Gasteiger partial charge in [0.15, 0.2) is 6.29 Å². The third kappa shape index (κ3) is 2.01. The van der Waals surface area contributed by atoms with Crippen LogP contribution in [0.25, 0.3) is 0 Å². The number of nitrogens with zero attached hydrogens (tertiary/aromatic N) is 1. The molecule has 1 unspecified atom stereocenters. The molecule has 76 valence electrons. The standard InChI is InChI=1S/C10H14N2O2/c13-7-8-6-12-14-10(8)5-9-3-1-2-4-11-9/h6-7,9,11H,1-5H2. The van der Waals surface area contributed by atoms with E-state index in [1.54, 1.807) is 0 Å². The van der Waals surface area contributed by atoms with Crippen molar-refractivity contribution in [2.75, 3.05) is 6.54 Å². The zero-order chi connectivity index (χ0) is 9.80. The summed E-state index contributed by atoms with van der Waals surface area (Å²) in [5, 5.41) is 7.03. The van der Waals surface area contributed by atoms with Gasteiger partial charge < -0.3 is 9.84 Å². The highest BCUT2D eigenvalue weighted by Crippen LogP contribution is 2.14. The summed E-state index contributed by atoms with van der Waals surface area (Å²) in [7, 11) is 0. The molecule has 0 aliphatic carbocycles. The summed E-state index contributed by atoms with van der Waals surface area (Å²) in [6, 6.07) is 0.440. The third-order valence-electron chi connectivity index (χ3n) is 2.65. The number of aromatic nitrogens is 1. The van der Waals surface area contributed by atoms with Crippen LogP contribution in [-0.2, 0) is 6.42 Å².